The predicted molar refractivity (Wildman–Crippen MR) is 105 cm³/mol. The zero-order valence-electron chi connectivity index (χ0n) is 14.9. The highest BCUT2D eigenvalue weighted by atomic mass is 32.1. The first-order chi connectivity index (χ1) is 13.0. The molecule has 1 aromatic carbocycles. The van der Waals surface area contributed by atoms with Crippen LogP contribution in [0.1, 0.15) is 35.5 Å². The number of fused-ring (bicyclic) bond motifs is 3. The van der Waals surface area contributed by atoms with Gasteiger partial charge in [-0.1, -0.05) is 6.92 Å². The third-order valence-electron chi connectivity index (χ3n) is 5.04. The van der Waals surface area contributed by atoms with E-state index in [1.54, 1.807) is 29.8 Å². The number of hydrogen-bond donors (Lipinski definition) is 2. The second-order valence-electron chi connectivity index (χ2n) is 7.00. The Morgan fingerprint density at radius 3 is 2.89 bits per heavy atom. The van der Waals surface area contributed by atoms with E-state index in [-0.39, 0.29) is 12.2 Å². The van der Waals surface area contributed by atoms with Crippen molar-refractivity contribution in [1.82, 2.24) is 9.97 Å². The van der Waals surface area contributed by atoms with Gasteiger partial charge in [-0.25, -0.2) is 9.97 Å². The lowest BCUT2D eigenvalue weighted by Gasteiger charge is -2.18. The molecule has 0 radical (unpaired) electrons. The summed E-state index contributed by atoms with van der Waals surface area (Å²) < 4.78 is 0. The third kappa shape index (κ3) is 3.50. The Balaban J connectivity index is 1.54. The van der Waals surface area contributed by atoms with Gasteiger partial charge >= 0.3 is 0 Å². The fraction of sp³-hybridized carbons (Fsp3) is 0.368. The fourth-order valence-electron chi connectivity index (χ4n) is 3.54. The highest BCUT2D eigenvalue weighted by molar-refractivity contribution is 7.19. The number of nitro benzene ring substituents is 1. The summed E-state index contributed by atoms with van der Waals surface area (Å²) in [5, 5.41) is 25.5. The number of aliphatic hydroxyl groups is 1. The summed E-state index contributed by atoms with van der Waals surface area (Å²) in [4.78, 5) is 21.5. The Bertz CT molecular complexity index is 987. The van der Waals surface area contributed by atoms with Gasteiger partial charge in [0.25, 0.3) is 5.69 Å². The van der Waals surface area contributed by atoms with Crippen LogP contribution in [0.5, 0.6) is 0 Å². The lowest BCUT2D eigenvalue weighted by Crippen LogP contribution is -2.14. The van der Waals surface area contributed by atoms with E-state index in [0.717, 1.165) is 28.9 Å². The van der Waals surface area contributed by atoms with E-state index >= 15 is 0 Å². The van der Waals surface area contributed by atoms with E-state index in [0.29, 0.717) is 11.5 Å². The predicted octanol–water partition coefficient (Wildman–Crippen LogP) is 3.87. The molecule has 2 atom stereocenters. The standard InChI is InChI=1S/C19H20N4O3S/c1-11-2-7-14-16(8-11)27-19-17(14)18(21-10-22-19)20-9-15(24)12-3-5-13(6-4-12)23(25)26/h3-6,10-11,15,24H,2,7-9H2,1H3,(H,20,21,22)/t11-,15+/m0/s1. The molecule has 1 aliphatic carbocycles. The number of anilines is 1. The van der Waals surface area contributed by atoms with Crippen LogP contribution in [0, 0.1) is 16.0 Å². The van der Waals surface area contributed by atoms with Crippen molar-refractivity contribution in [3.8, 4) is 0 Å². The highest BCUT2D eigenvalue weighted by Crippen LogP contribution is 2.39. The lowest BCUT2D eigenvalue weighted by molar-refractivity contribution is -0.384. The van der Waals surface area contributed by atoms with E-state index in [1.165, 1.54) is 29.0 Å². The molecule has 8 heteroatoms. The maximum absolute atomic E-state index is 10.7. The van der Waals surface area contributed by atoms with Crippen LogP contribution in [0.2, 0.25) is 0 Å². The average molecular weight is 384 g/mol. The Labute approximate surface area is 160 Å². The molecule has 2 aromatic heterocycles. The first kappa shape index (κ1) is 17.8. The van der Waals surface area contributed by atoms with Crippen molar-refractivity contribution in [3.63, 3.8) is 0 Å². The number of hydrogen-bond acceptors (Lipinski definition) is 7. The van der Waals surface area contributed by atoms with Gasteiger partial charge in [-0.15, -0.1) is 11.3 Å². The molecule has 140 valence electrons. The van der Waals surface area contributed by atoms with E-state index in [4.69, 9.17) is 0 Å². The van der Waals surface area contributed by atoms with Crippen molar-refractivity contribution in [2.75, 3.05) is 11.9 Å². The normalized spacial score (nSPS) is 17.5. The first-order valence-corrected chi connectivity index (χ1v) is 9.76. The van der Waals surface area contributed by atoms with Gasteiger partial charge in [-0.05, 0) is 48.4 Å². The van der Waals surface area contributed by atoms with Crippen molar-refractivity contribution in [3.05, 3.63) is 56.7 Å². The van der Waals surface area contributed by atoms with Crippen LogP contribution in [-0.2, 0) is 12.8 Å². The zero-order valence-corrected chi connectivity index (χ0v) is 15.7. The molecular formula is C19H20N4O3S. The number of benzene rings is 1. The van der Waals surface area contributed by atoms with Gasteiger partial charge in [-0.2, -0.15) is 0 Å². The van der Waals surface area contributed by atoms with Gasteiger partial charge in [0.05, 0.1) is 16.4 Å². The fourth-order valence-corrected chi connectivity index (χ4v) is 4.89. The molecule has 0 amide bonds. The number of nitrogens with zero attached hydrogens (tertiary/aromatic N) is 3. The molecular weight excluding hydrogens is 364 g/mol. The number of nitro groups is 1. The number of rotatable bonds is 5. The van der Waals surface area contributed by atoms with Crippen LogP contribution in [-0.4, -0.2) is 26.5 Å². The van der Waals surface area contributed by atoms with Gasteiger partial charge in [0.2, 0.25) is 0 Å². The number of aliphatic hydroxyl groups excluding tert-OH is 1. The Kier molecular flexibility index (Phi) is 4.75. The van der Waals surface area contributed by atoms with Gasteiger partial charge in [0.1, 0.15) is 17.0 Å². The summed E-state index contributed by atoms with van der Waals surface area (Å²) in [7, 11) is 0. The second kappa shape index (κ2) is 7.21. The number of nitrogens with one attached hydrogen (secondary N) is 1. The molecule has 0 saturated heterocycles. The summed E-state index contributed by atoms with van der Waals surface area (Å²) in [6, 6.07) is 5.96. The summed E-state index contributed by atoms with van der Waals surface area (Å²) in [5.74, 6) is 1.44. The SMILES string of the molecule is C[C@H]1CCc2c(sc3ncnc(NC[C@@H](O)c4ccc([N+](=O)[O-])cc4)c23)C1. The van der Waals surface area contributed by atoms with Crippen LogP contribution in [0.25, 0.3) is 10.2 Å². The Morgan fingerprint density at radius 2 is 2.15 bits per heavy atom. The van der Waals surface area contributed by atoms with Gasteiger partial charge in [-0.3, -0.25) is 10.1 Å². The molecule has 2 heterocycles. The van der Waals surface area contributed by atoms with Gasteiger partial charge in [0, 0.05) is 23.6 Å². The molecule has 2 N–H and O–H groups in total. The first-order valence-electron chi connectivity index (χ1n) is 8.94. The minimum absolute atomic E-state index is 0.00977. The molecule has 0 aliphatic heterocycles. The monoisotopic (exact) mass is 384 g/mol. The highest BCUT2D eigenvalue weighted by Gasteiger charge is 2.23. The molecule has 0 unspecified atom stereocenters. The Hall–Kier alpha value is -2.58. The molecule has 0 bridgehead atoms. The number of thiophene rings is 1. The summed E-state index contributed by atoms with van der Waals surface area (Å²) >= 11 is 1.74. The average Bonchev–Trinajstić information content (AvgIpc) is 3.04. The minimum Gasteiger partial charge on any atom is -0.387 e. The number of aryl methyl sites for hydroxylation is 1. The summed E-state index contributed by atoms with van der Waals surface area (Å²) in [6.45, 7) is 2.55. The molecule has 27 heavy (non-hydrogen) atoms. The minimum atomic E-state index is -0.787. The molecule has 0 saturated carbocycles. The number of non-ortho nitro benzene ring substituents is 1. The van der Waals surface area contributed by atoms with Crippen molar-refractivity contribution >= 4 is 33.1 Å². The van der Waals surface area contributed by atoms with E-state index in [2.05, 4.69) is 22.2 Å². The molecule has 4 rings (SSSR count). The van der Waals surface area contributed by atoms with Gasteiger partial charge in [0.15, 0.2) is 0 Å². The van der Waals surface area contributed by atoms with Crippen molar-refractivity contribution in [2.24, 2.45) is 5.92 Å². The quantitative estimate of drug-likeness (QED) is 0.511. The molecule has 1 aliphatic rings. The smallest absolute Gasteiger partial charge is 0.269 e. The number of aromatic nitrogens is 2. The largest absolute Gasteiger partial charge is 0.387 e. The summed E-state index contributed by atoms with van der Waals surface area (Å²) in [5.41, 5.74) is 1.97. The van der Waals surface area contributed by atoms with Crippen LogP contribution >= 0.6 is 11.3 Å². The molecule has 0 spiro atoms. The molecule has 0 fully saturated rings. The molecule has 7 nitrogen and oxygen atoms in total. The van der Waals surface area contributed by atoms with E-state index in [1.807, 2.05) is 0 Å². The molecule has 3 aromatic rings. The summed E-state index contributed by atoms with van der Waals surface area (Å²) in [6.07, 6.45) is 4.04. The maximum Gasteiger partial charge on any atom is 0.269 e. The van der Waals surface area contributed by atoms with Crippen LogP contribution in [0.15, 0.2) is 30.6 Å². The maximum atomic E-state index is 10.7. The zero-order chi connectivity index (χ0) is 19.0. The van der Waals surface area contributed by atoms with Crippen LogP contribution < -0.4 is 5.32 Å². The topological polar surface area (TPSA) is 101 Å². The van der Waals surface area contributed by atoms with E-state index < -0.39 is 11.0 Å². The van der Waals surface area contributed by atoms with Crippen molar-refractivity contribution < 1.29 is 10.0 Å². The van der Waals surface area contributed by atoms with E-state index in [9.17, 15) is 15.2 Å². The Morgan fingerprint density at radius 1 is 1.37 bits per heavy atom. The van der Waals surface area contributed by atoms with Crippen molar-refractivity contribution in [1.29, 1.82) is 0 Å². The van der Waals surface area contributed by atoms with Crippen LogP contribution in [0.3, 0.4) is 0 Å². The lowest BCUT2D eigenvalue weighted by atomic mass is 9.89. The van der Waals surface area contributed by atoms with Crippen molar-refractivity contribution in [2.45, 2.75) is 32.3 Å². The van der Waals surface area contributed by atoms with Gasteiger partial charge < -0.3 is 10.4 Å². The second-order valence-corrected chi connectivity index (χ2v) is 8.08. The van der Waals surface area contributed by atoms with Crippen LogP contribution in [0.4, 0.5) is 11.5 Å². The third-order valence-corrected chi connectivity index (χ3v) is 6.21.